The first-order valence-corrected chi connectivity index (χ1v) is 26.1. The largest absolute Gasteiger partial charge is 0.544 e. The number of hydrogen-bond donors (Lipinski definition) is 0. The van der Waals surface area contributed by atoms with Crippen molar-refractivity contribution >= 4 is 17.9 Å². The Bertz CT molecular complexity index is 951. The van der Waals surface area contributed by atoms with Gasteiger partial charge in [-0.15, -0.1) is 0 Å². The number of hydrogen-bond acceptors (Lipinski definition) is 7. The highest BCUT2D eigenvalue weighted by molar-refractivity contribution is 5.70. The van der Waals surface area contributed by atoms with Gasteiger partial charge in [-0.1, -0.05) is 232 Å². The fraction of sp³-hybridized carbons (Fsp3) is 0.942. The van der Waals surface area contributed by atoms with Gasteiger partial charge in [-0.2, -0.15) is 0 Å². The van der Waals surface area contributed by atoms with Crippen LogP contribution in [0.1, 0.15) is 264 Å². The van der Waals surface area contributed by atoms with Crippen LogP contribution in [0, 0.1) is 0 Å². The van der Waals surface area contributed by atoms with Gasteiger partial charge in [0.15, 0.2) is 6.10 Å². The molecule has 0 heterocycles. The van der Waals surface area contributed by atoms with Gasteiger partial charge in [-0.25, -0.2) is 0 Å². The van der Waals surface area contributed by atoms with Gasteiger partial charge < -0.3 is 28.6 Å². The summed E-state index contributed by atoms with van der Waals surface area (Å²) in [6.45, 7) is 4.73. The van der Waals surface area contributed by atoms with Gasteiger partial charge in [0, 0.05) is 19.3 Å². The third kappa shape index (κ3) is 41.7. The molecule has 0 saturated carbocycles. The number of unbranched alkanes of at least 4 members (excludes halogenated alkanes) is 34. The van der Waals surface area contributed by atoms with Crippen molar-refractivity contribution in [2.24, 2.45) is 0 Å². The van der Waals surface area contributed by atoms with Crippen molar-refractivity contribution < 1.29 is 38.2 Å². The maximum Gasteiger partial charge on any atom is 0.306 e. The fourth-order valence-corrected chi connectivity index (χ4v) is 8.19. The van der Waals surface area contributed by atoms with Crippen molar-refractivity contribution in [2.75, 3.05) is 41.0 Å². The van der Waals surface area contributed by atoms with E-state index in [0.29, 0.717) is 12.8 Å². The Kier molecular flexibility index (Phi) is 42.7. The second-order valence-electron chi connectivity index (χ2n) is 19.1. The van der Waals surface area contributed by atoms with Crippen LogP contribution in [-0.4, -0.2) is 75.5 Å². The lowest BCUT2D eigenvalue weighted by Gasteiger charge is -2.34. The number of likely N-dealkylation sites (N-methyl/N-ethyl adjacent to an activating group) is 1. The van der Waals surface area contributed by atoms with E-state index in [9.17, 15) is 19.5 Å². The monoisotopic (exact) mass is 852 g/mol. The van der Waals surface area contributed by atoms with Crippen LogP contribution in [0.2, 0.25) is 0 Å². The van der Waals surface area contributed by atoms with Crippen molar-refractivity contribution in [1.29, 1.82) is 0 Å². The summed E-state index contributed by atoms with van der Waals surface area (Å²) in [4.78, 5) is 37.0. The van der Waals surface area contributed by atoms with Crippen LogP contribution in [-0.2, 0) is 28.6 Å². The zero-order chi connectivity index (χ0) is 44.2. The zero-order valence-electron chi connectivity index (χ0n) is 40.7. The van der Waals surface area contributed by atoms with Crippen molar-refractivity contribution in [2.45, 2.75) is 276 Å². The quantitative estimate of drug-likeness (QED) is 0.0341. The maximum atomic E-state index is 12.8. The second-order valence-corrected chi connectivity index (χ2v) is 19.1. The smallest absolute Gasteiger partial charge is 0.306 e. The summed E-state index contributed by atoms with van der Waals surface area (Å²) in [7, 11) is 5.43. The predicted octanol–water partition coefficient (Wildman–Crippen LogP) is 13.5. The Hall–Kier alpha value is -1.67. The second kappa shape index (κ2) is 44.0. The Balaban J connectivity index is 4.18. The number of carbonyl (C=O) groups excluding carboxylic acids is 3. The number of carboxylic acid groups (broad SMARTS) is 1. The molecule has 8 nitrogen and oxygen atoms in total. The van der Waals surface area contributed by atoms with Gasteiger partial charge in [0.05, 0.1) is 40.3 Å². The molecule has 2 atom stereocenters. The lowest BCUT2D eigenvalue weighted by molar-refractivity contribution is -0.889. The Labute approximate surface area is 372 Å². The van der Waals surface area contributed by atoms with Gasteiger partial charge in [0.1, 0.15) is 12.6 Å². The summed E-state index contributed by atoms with van der Waals surface area (Å²) < 4.78 is 17.3. The standard InChI is InChI=1S/C52H101NO7/c1-6-8-10-12-14-16-18-20-22-24-25-26-27-29-31-33-35-37-39-41-43-51(55)60-48(46-58-45-44-49(52(56)57)53(3,4)5)47-59-50(54)42-40-38-36-34-32-30-28-23-21-19-17-15-13-11-9-7-2/h48-49H,6-47H2,1-5H3. The first-order valence-electron chi connectivity index (χ1n) is 26.1. The van der Waals surface area contributed by atoms with Crippen LogP contribution >= 0.6 is 0 Å². The van der Waals surface area contributed by atoms with Crippen LogP contribution in [0.25, 0.3) is 0 Å². The molecule has 0 aromatic carbocycles. The number of esters is 2. The lowest BCUT2D eigenvalue weighted by atomic mass is 10.0. The molecule has 0 aliphatic rings. The molecule has 0 bridgehead atoms. The van der Waals surface area contributed by atoms with Gasteiger partial charge in [-0.3, -0.25) is 9.59 Å². The fourth-order valence-electron chi connectivity index (χ4n) is 8.19. The molecular formula is C52H101NO7. The van der Waals surface area contributed by atoms with E-state index in [1.54, 1.807) is 0 Å². The molecule has 8 heteroatoms. The van der Waals surface area contributed by atoms with Gasteiger partial charge in [-0.05, 0) is 12.8 Å². The average molecular weight is 852 g/mol. The summed E-state index contributed by atoms with van der Waals surface area (Å²) in [5.41, 5.74) is 0. The van der Waals surface area contributed by atoms with Crippen LogP contribution < -0.4 is 5.11 Å². The summed E-state index contributed by atoms with van der Waals surface area (Å²) >= 11 is 0. The minimum atomic E-state index is -1.12. The van der Waals surface area contributed by atoms with Crippen LogP contribution in [0.15, 0.2) is 0 Å². The first kappa shape index (κ1) is 58.3. The molecule has 0 amide bonds. The molecule has 0 saturated heterocycles. The number of nitrogens with zero attached hydrogens (tertiary/aromatic N) is 1. The van der Waals surface area contributed by atoms with Crippen molar-refractivity contribution in [3.05, 3.63) is 0 Å². The number of ether oxygens (including phenoxy) is 3. The number of carboxylic acids is 1. The number of rotatable bonds is 48. The van der Waals surface area contributed by atoms with Crippen molar-refractivity contribution in [3.8, 4) is 0 Å². The lowest BCUT2D eigenvalue weighted by Crippen LogP contribution is -2.55. The van der Waals surface area contributed by atoms with E-state index < -0.39 is 18.1 Å². The van der Waals surface area contributed by atoms with Crippen LogP contribution in [0.3, 0.4) is 0 Å². The van der Waals surface area contributed by atoms with E-state index in [0.717, 1.165) is 38.5 Å². The number of quaternary nitrogens is 1. The molecule has 2 unspecified atom stereocenters. The van der Waals surface area contributed by atoms with Gasteiger partial charge >= 0.3 is 11.9 Å². The highest BCUT2D eigenvalue weighted by Crippen LogP contribution is 2.17. The Morgan fingerprint density at radius 2 is 0.733 bits per heavy atom. The molecule has 0 fully saturated rings. The van der Waals surface area contributed by atoms with E-state index in [1.165, 1.54) is 193 Å². The average Bonchev–Trinajstić information content (AvgIpc) is 3.21. The van der Waals surface area contributed by atoms with E-state index in [2.05, 4.69) is 13.8 Å². The minimum absolute atomic E-state index is 0.0498. The number of carbonyl (C=O) groups is 3. The third-order valence-electron chi connectivity index (χ3n) is 12.2. The predicted molar refractivity (Wildman–Crippen MR) is 250 cm³/mol. The van der Waals surface area contributed by atoms with E-state index in [-0.39, 0.29) is 42.7 Å². The molecule has 0 aliphatic heterocycles. The third-order valence-corrected chi connectivity index (χ3v) is 12.2. The summed E-state index contributed by atoms with van der Waals surface area (Å²) in [5.74, 6) is -1.71. The zero-order valence-corrected chi connectivity index (χ0v) is 40.7. The molecular weight excluding hydrogens is 751 g/mol. The van der Waals surface area contributed by atoms with E-state index >= 15 is 0 Å². The highest BCUT2D eigenvalue weighted by atomic mass is 16.6. The van der Waals surface area contributed by atoms with Crippen LogP contribution in [0.4, 0.5) is 0 Å². The molecule has 0 rings (SSSR count). The summed E-state index contributed by atoms with van der Waals surface area (Å²) in [6, 6.07) is -0.720. The topological polar surface area (TPSA) is 102 Å². The summed E-state index contributed by atoms with van der Waals surface area (Å²) in [6.07, 6.45) is 47.0. The van der Waals surface area contributed by atoms with Gasteiger partial charge in [0.25, 0.3) is 0 Å². The summed E-state index contributed by atoms with van der Waals surface area (Å²) in [5, 5.41) is 11.7. The molecule has 0 aromatic heterocycles. The van der Waals surface area contributed by atoms with Crippen molar-refractivity contribution in [3.63, 3.8) is 0 Å². The molecule has 356 valence electrons. The van der Waals surface area contributed by atoms with E-state index in [1.807, 2.05) is 21.1 Å². The first-order chi connectivity index (χ1) is 29.1. The number of aliphatic carboxylic acids is 1. The van der Waals surface area contributed by atoms with E-state index in [4.69, 9.17) is 14.2 Å². The molecule has 0 N–H and O–H groups in total. The Morgan fingerprint density at radius 3 is 1.03 bits per heavy atom. The normalized spacial score (nSPS) is 12.8. The molecule has 0 aromatic rings. The molecule has 60 heavy (non-hydrogen) atoms. The van der Waals surface area contributed by atoms with Gasteiger partial charge in [0.2, 0.25) is 0 Å². The van der Waals surface area contributed by atoms with Crippen LogP contribution in [0.5, 0.6) is 0 Å². The highest BCUT2D eigenvalue weighted by Gasteiger charge is 2.25. The molecule has 0 aliphatic carbocycles. The minimum Gasteiger partial charge on any atom is -0.544 e. The maximum absolute atomic E-state index is 12.8. The SMILES string of the molecule is CCCCCCCCCCCCCCCCCCCCCCC(=O)OC(COCCC(C(=O)[O-])[N+](C)(C)C)COC(=O)CCCCCCCCCCCCCCCCCC. The van der Waals surface area contributed by atoms with Crippen molar-refractivity contribution in [1.82, 2.24) is 0 Å². The molecule has 0 radical (unpaired) electrons. The molecule has 0 spiro atoms. The Morgan fingerprint density at radius 1 is 0.433 bits per heavy atom.